The maximum Gasteiger partial charge on any atom is 0.306 e. The minimum absolute atomic E-state index is 0.0298. The lowest BCUT2D eigenvalue weighted by Gasteiger charge is -2.36. The third kappa shape index (κ3) is 5.07. The lowest BCUT2D eigenvalue weighted by molar-refractivity contribution is -0.305. The highest BCUT2D eigenvalue weighted by Crippen LogP contribution is 2.38. The standard InChI is InChI=1S/C14H24O4/c1-14(2,3)10-4-6-11(7-5-10)18-13(17)9-8-12(15)16/h10-11H,4-9H2,1-3H3,(H,15,16)/p-1. The lowest BCUT2D eigenvalue weighted by atomic mass is 9.72. The van der Waals surface area contributed by atoms with E-state index in [4.69, 9.17) is 4.74 Å². The summed E-state index contributed by atoms with van der Waals surface area (Å²) >= 11 is 0. The zero-order chi connectivity index (χ0) is 13.8. The number of carboxylic acid groups (broad SMARTS) is 1. The van der Waals surface area contributed by atoms with Crippen molar-refractivity contribution in [2.24, 2.45) is 11.3 Å². The molecule has 18 heavy (non-hydrogen) atoms. The zero-order valence-corrected chi connectivity index (χ0v) is 11.5. The second-order valence-corrected chi connectivity index (χ2v) is 6.20. The highest BCUT2D eigenvalue weighted by molar-refractivity contribution is 5.75. The Hall–Kier alpha value is -1.06. The van der Waals surface area contributed by atoms with Crippen molar-refractivity contribution in [2.45, 2.75) is 65.4 Å². The number of carbonyl (C=O) groups excluding carboxylic acids is 2. The van der Waals surface area contributed by atoms with Crippen LogP contribution in [0.2, 0.25) is 0 Å². The normalized spacial score (nSPS) is 24.6. The van der Waals surface area contributed by atoms with Crippen LogP contribution in [0.15, 0.2) is 0 Å². The fraction of sp³-hybridized carbons (Fsp3) is 0.857. The maximum absolute atomic E-state index is 11.4. The van der Waals surface area contributed by atoms with E-state index < -0.39 is 11.9 Å². The topological polar surface area (TPSA) is 66.4 Å². The lowest BCUT2D eigenvalue weighted by Crippen LogP contribution is -2.30. The summed E-state index contributed by atoms with van der Waals surface area (Å²) in [5, 5.41) is 10.2. The molecule has 104 valence electrons. The molecule has 1 fully saturated rings. The molecule has 0 aromatic rings. The Kier molecular flexibility index (Phi) is 5.17. The summed E-state index contributed by atoms with van der Waals surface area (Å²) in [6, 6.07) is 0. The highest BCUT2D eigenvalue weighted by atomic mass is 16.5. The predicted octanol–water partition coefficient (Wildman–Crippen LogP) is 1.66. The first-order valence-corrected chi connectivity index (χ1v) is 6.68. The first kappa shape index (κ1) is 15.0. The Bertz CT molecular complexity index is 295. The van der Waals surface area contributed by atoms with E-state index in [2.05, 4.69) is 20.8 Å². The van der Waals surface area contributed by atoms with E-state index in [1.165, 1.54) is 0 Å². The summed E-state index contributed by atoms with van der Waals surface area (Å²) in [6.45, 7) is 6.72. The summed E-state index contributed by atoms with van der Waals surface area (Å²) < 4.78 is 5.27. The van der Waals surface area contributed by atoms with E-state index in [9.17, 15) is 14.7 Å². The molecule has 0 aliphatic heterocycles. The molecule has 4 nitrogen and oxygen atoms in total. The van der Waals surface area contributed by atoms with Gasteiger partial charge in [0.15, 0.2) is 0 Å². The van der Waals surface area contributed by atoms with Gasteiger partial charge in [-0.15, -0.1) is 0 Å². The van der Waals surface area contributed by atoms with Gasteiger partial charge in [-0.05, 0) is 43.4 Å². The summed E-state index contributed by atoms with van der Waals surface area (Å²) in [6.07, 6.45) is 3.55. The maximum atomic E-state index is 11.4. The molecule has 0 spiro atoms. The zero-order valence-electron chi connectivity index (χ0n) is 11.5. The second-order valence-electron chi connectivity index (χ2n) is 6.20. The van der Waals surface area contributed by atoms with Gasteiger partial charge in [0.2, 0.25) is 0 Å². The van der Waals surface area contributed by atoms with Crippen LogP contribution in [0.5, 0.6) is 0 Å². The fourth-order valence-electron chi connectivity index (χ4n) is 2.50. The van der Waals surface area contributed by atoms with Crippen molar-refractivity contribution in [1.29, 1.82) is 0 Å². The number of aliphatic carboxylic acids is 1. The quantitative estimate of drug-likeness (QED) is 0.717. The van der Waals surface area contributed by atoms with Crippen LogP contribution in [0, 0.1) is 11.3 Å². The van der Waals surface area contributed by atoms with Gasteiger partial charge < -0.3 is 14.6 Å². The summed E-state index contributed by atoms with van der Waals surface area (Å²) in [5.74, 6) is -0.947. The average molecular weight is 255 g/mol. The molecule has 0 bridgehead atoms. The van der Waals surface area contributed by atoms with Crippen molar-refractivity contribution in [3.05, 3.63) is 0 Å². The number of hydrogen-bond donors (Lipinski definition) is 0. The fourth-order valence-corrected chi connectivity index (χ4v) is 2.50. The summed E-state index contributed by atoms with van der Waals surface area (Å²) in [7, 11) is 0. The van der Waals surface area contributed by atoms with Crippen LogP contribution in [-0.4, -0.2) is 18.0 Å². The SMILES string of the molecule is CC(C)(C)C1CCC(OC(=O)CCC(=O)[O-])CC1. The molecule has 0 saturated heterocycles. The van der Waals surface area contributed by atoms with Crippen molar-refractivity contribution < 1.29 is 19.4 Å². The molecule has 0 aromatic heterocycles. The van der Waals surface area contributed by atoms with Gasteiger partial charge in [0.25, 0.3) is 0 Å². The molecule has 0 radical (unpaired) electrons. The van der Waals surface area contributed by atoms with Gasteiger partial charge in [-0.1, -0.05) is 20.8 Å². The smallest absolute Gasteiger partial charge is 0.306 e. The van der Waals surface area contributed by atoms with Crippen LogP contribution in [0.3, 0.4) is 0 Å². The minimum atomic E-state index is -1.21. The van der Waals surface area contributed by atoms with E-state index in [0.29, 0.717) is 11.3 Å². The van der Waals surface area contributed by atoms with E-state index >= 15 is 0 Å². The van der Waals surface area contributed by atoms with Crippen molar-refractivity contribution in [3.8, 4) is 0 Å². The Morgan fingerprint density at radius 3 is 2.11 bits per heavy atom. The van der Waals surface area contributed by atoms with Crippen LogP contribution < -0.4 is 5.11 Å². The Morgan fingerprint density at radius 2 is 1.67 bits per heavy atom. The van der Waals surface area contributed by atoms with Crippen molar-refractivity contribution in [3.63, 3.8) is 0 Å². The van der Waals surface area contributed by atoms with E-state index in [1.54, 1.807) is 0 Å². The molecule has 0 unspecified atom stereocenters. The average Bonchev–Trinajstić information content (AvgIpc) is 2.26. The van der Waals surface area contributed by atoms with Crippen molar-refractivity contribution in [1.82, 2.24) is 0 Å². The van der Waals surface area contributed by atoms with Crippen LogP contribution in [0.4, 0.5) is 0 Å². The van der Waals surface area contributed by atoms with Crippen LogP contribution in [0.25, 0.3) is 0 Å². The molecule has 0 atom stereocenters. The predicted molar refractivity (Wildman–Crippen MR) is 65.5 cm³/mol. The molecule has 1 aliphatic carbocycles. The second kappa shape index (κ2) is 6.21. The van der Waals surface area contributed by atoms with Crippen LogP contribution in [0.1, 0.15) is 59.3 Å². The first-order chi connectivity index (χ1) is 8.29. The van der Waals surface area contributed by atoms with Crippen LogP contribution >= 0.6 is 0 Å². The van der Waals surface area contributed by atoms with Crippen LogP contribution in [-0.2, 0) is 14.3 Å². The van der Waals surface area contributed by atoms with Gasteiger partial charge in [0.1, 0.15) is 6.10 Å². The molecular weight excluding hydrogens is 232 g/mol. The highest BCUT2D eigenvalue weighted by Gasteiger charge is 2.30. The number of rotatable bonds is 4. The Morgan fingerprint density at radius 1 is 1.11 bits per heavy atom. The molecule has 0 aromatic carbocycles. The van der Waals surface area contributed by atoms with E-state index in [0.717, 1.165) is 25.7 Å². The number of carbonyl (C=O) groups is 2. The number of ether oxygens (including phenoxy) is 1. The molecule has 0 N–H and O–H groups in total. The molecule has 1 aliphatic rings. The first-order valence-electron chi connectivity index (χ1n) is 6.68. The van der Waals surface area contributed by atoms with Gasteiger partial charge in [0, 0.05) is 5.97 Å². The molecule has 1 saturated carbocycles. The van der Waals surface area contributed by atoms with Crippen molar-refractivity contribution >= 4 is 11.9 Å². The number of carboxylic acids is 1. The molecule has 0 amide bonds. The van der Waals surface area contributed by atoms with Crippen molar-refractivity contribution in [2.75, 3.05) is 0 Å². The van der Waals surface area contributed by atoms with Gasteiger partial charge in [-0.2, -0.15) is 0 Å². The van der Waals surface area contributed by atoms with Gasteiger partial charge in [0.05, 0.1) is 6.42 Å². The minimum Gasteiger partial charge on any atom is -0.550 e. The molecular formula is C14H23O4-. The summed E-state index contributed by atoms with van der Waals surface area (Å²) in [4.78, 5) is 21.6. The molecule has 0 heterocycles. The third-order valence-electron chi connectivity index (χ3n) is 3.73. The third-order valence-corrected chi connectivity index (χ3v) is 3.73. The van der Waals surface area contributed by atoms with Gasteiger partial charge in [-0.3, -0.25) is 4.79 Å². The monoisotopic (exact) mass is 255 g/mol. The van der Waals surface area contributed by atoms with E-state index in [1.807, 2.05) is 0 Å². The molecule has 1 rings (SSSR count). The molecule has 4 heteroatoms. The van der Waals surface area contributed by atoms with Gasteiger partial charge >= 0.3 is 5.97 Å². The van der Waals surface area contributed by atoms with Gasteiger partial charge in [-0.25, -0.2) is 0 Å². The number of esters is 1. The number of hydrogen-bond acceptors (Lipinski definition) is 4. The Labute approximate surface area is 109 Å². The summed E-state index contributed by atoms with van der Waals surface area (Å²) in [5.41, 5.74) is 0.309. The Balaban J connectivity index is 2.27. The largest absolute Gasteiger partial charge is 0.550 e. The van der Waals surface area contributed by atoms with E-state index in [-0.39, 0.29) is 18.9 Å².